The average Bonchev–Trinajstić information content (AvgIpc) is 2.55. The third-order valence-electron chi connectivity index (χ3n) is 4.41. The molecule has 1 aromatic heterocycles. The molecule has 0 saturated heterocycles. The molecule has 2 aromatic rings. The van der Waals surface area contributed by atoms with Gasteiger partial charge in [-0.2, -0.15) is 0 Å². The van der Waals surface area contributed by atoms with E-state index in [4.69, 9.17) is 6.57 Å². The molecule has 120 valence electrons. The summed E-state index contributed by atoms with van der Waals surface area (Å²) in [5.41, 5.74) is 0.587. The third-order valence-corrected chi connectivity index (χ3v) is 4.41. The largest absolute Gasteiger partial charge is 0.481 e. The first-order valence-electron chi connectivity index (χ1n) is 7.54. The van der Waals surface area contributed by atoms with Crippen LogP contribution in [-0.4, -0.2) is 22.0 Å². The van der Waals surface area contributed by atoms with E-state index in [9.17, 15) is 14.7 Å². The van der Waals surface area contributed by atoms with Crippen LogP contribution in [0.25, 0.3) is 4.85 Å². The van der Waals surface area contributed by atoms with Crippen LogP contribution >= 0.6 is 0 Å². The third kappa shape index (κ3) is 2.72. The van der Waals surface area contributed by atoms with Crippen molar-refractivity contribution >= 4 is 23.4 Å². The first-order valence-corrected chi connectivity index (χ1v) is 7.54. The maximum Gasteiger partial charge on any atom is 0.314 e. The maximum absolute atomic E-state index is 12.2. The SMILES string of the molecule is [C-]#[N+]c1cccc(C(=O)Nc2ccc(C3(C(=O)O)CCC3)cn2)c1. The number of rotatable bonds is 4. The van der Waals surface area contributed by atoms with Gasteiger partial charge in [-0.1, -0.05) is 30.7 Å². The van der Waals surface area contributed by atoms with Crippen molar-refractivity contribution in [3.05, 3.63) is 65.1 Å². The Morgan fingerprint density at radius 3 is 2.58 bits per heavy atom. The molecule has 1 amide bonds. The number of carboxylic acid groups (broad SMARTS) is 1. The van der Waals surface area contributed by atoms with E-state index >= 15 is 0 Å². The summed E-state index contributed by atoms with van der Waals surface area (Å²) in [5.74, 6) is -0.850. The van der Waals surface area contributed by atoms with Gasteiger partial charge in [0.05, 0.1) is 12.0 Å². The van der Waals surface area contributed by atoms with Crippen LogP contribution in [0.4, 0.5) is 11.5 Å². The standard InChI is InChI=1S/C18H15N3O3/c1-19-14-5-2-4-12(10-14)16(22)21-15-7-6-13(11-20-15)18(17(23)24)8-3-9-18/h2,4-7,10-11H,3,8-9H2,(H,23,24)(H,20,21,22). The normalized spacial score (nSPS) is 15.0. The van der Waals surface area contributed by atoms with Crippen LogP contribution in [0, 0.1) is 6.57 Å². The van der Waals surface area contributed by atoms with Crippen molar-refractivity contribution in [2.75, 3.05) is 5.32 Å². The molecule has 1 aliphatic rings. The van der Waals surface area contributed by atoms with Crippen LogP contribution in [-0.2, 0) is 10.2 Å². The predicted molar refractivity (Wildman–Crippen MR) is 88.1 cm³/mol. The van der Waals surface area contributed by atoms with Gasteiger partial charge in [0.25, 0.3) is 5.91 Å². The smallest absolute Gasteiger partial charge is 0.314 e. The van der Waals surface area contributed by atoms with Crippen molar-refractivity contribution in [1.82, 2.24) is 4.98 Å². The summed E-state index contributed by atoms with van der Waals surface area (Å²) in [4.78, 5) is 31.1. The lowest BCUT2D eigenvalue weighted by Crippen LogP contribution is -2.42. The molecule has 24 heavy (non-hydrogen) atoms. The maximum atomic E-state index is 12.2. The molecule has 0 bridgehead atoms. The molecule has 1 fully saturated rings. The molecular formula is C18H15N3O3. The molecule has 0 spiro atoms. The van der Waals surface area contributed by atoms with Gasteiger partial charge in [0.1, 0.15) is 5.82 Å². The van der Waals surface area contributed by atoms with E-state index in [-0.39, 0.29) is 5.91 Å². The zero-order valence-corrected chi connectivity index (χ0v) is 12.8. The second-order valence-electron chi connectivity index (χ2n) is 5.79. The molecule has 2 N–H and O–H groups in total. The van der Waals surface area contributed by atoms with Gasteiger partial charge in [-0.05, 0) is 30.5 Å². The lowest BCUT2D eigenvalue weighted by Gasteiger charge is -2.37. The number of nitrogens with zero attached hydrogens (tertiary/aromatic N) is 2. The molecular weight excluding hydrogens is 306 g/mol. The van der Waals surface area contributed by atoms with Gasteiger partial charge in [0.2, 0.25) is 0 Å². The number of amides is 1. The fourth-order valence-corrected chi connectivity index (χ4v) is 2.81. The number of hydrogen-bond acceptors (Lipinski definition) is 3. The summed E-state index contributed by atoms with van der Waals surface area (Å²) in [7, 11) is 0. The minimum absolute atomic E-state index is 0.344. The summed E-state index contributed by atoms with van der Waals surface area (Å²) in [6, 6.07) is 9.70. The minimum atomic E-state index is -0.834. The van der Waals surface area contributed by atoms with E-state index in [2.05, 4.69) is 15.1 Å². The number of pyridine rings is 1. The molecule has 0 unspecified atom stereocenters. The fraction of sp³-hybridized carbons (Fsp3) is 0.222. The van der Waals surface area contributed by atoms with Gasteiger partial charge < -0.3 is 10.4 Å². The molecule has 1 aliphatic carbocycles. The van der Waals surface area contributed by atoms with E-state index in [1.54, 1.807) is 30.3 Å². The molecule has 0 radical (unpaired) electrons. The highest BCUT2D eigenvalue weighted by atomic mass is 16.4. The molecule has 1 saturated carbocycles. The first-order chi connectivity index (χ1) is 11.5. The van der Waals surface area contributed by atoms with Gasteiger partial charge >= 0.3 is 5.97 Å². The quantitative estimate of drug-likeness (QED) is 0.846. The number of carboxylic acids is 1. The lowest BCUT2D eigenvalue weighted by molar-refractivity contribution is -0.147. The molecule has 1 aromatic carbocycles. The highest BCUT2D eigenvalue weighted by Gasteiger charge is 2.46. The number of aliphatic carboxylic acids is 1. The number of carbonyl (C=O) groups excluding carboxylic acids is 1. The molecule has 0 atom stereocenters. The first kappa shape index (κ1) is 15.7. The number of anilines is 1. The predicted octanol–water partition coefficient (Wildman–Crippen LogP) is 3.39. The van der Waals surface area contributed by atoms with Gasteiger partial charge in [0.15, 0.2) is 5.69 Å². The Hall–Kier alpha value is -3.20. The number of benzene rings is 1. The Kier molecular flexibility index (Phi) is 4.00. The zero-order chi connectivity index (χ0) is 17.2. The van der Waals surface area contributed by atoms with E-state index in [1.165, 1.54) is 12.3 Å². The van der Waals surface area contributed by atoms with E-state index in [0.29, 0.717) is 35.5 Å². The highest BCUT2D eigenvalue weighted by Crippen LogP contribution is 2.43. The van der Waals surface area contributed by atoms with Crippen molar-refractivity contribution in [3.8, 4) is 0 Å². The Morgan fingerprint density at radius 1 is 1.25 bits per heavy atom. The van der Waals surface area contributed by atoms with Crippen LogP contribution in [0.2, 0.25) is 0 Å². The molecule has 3 rings (SSSR count). The van der Waals surface area contributed by atoms with E-state index < -0.39 is 11.4 Å². The van der Waals surface area contributed by atoms with Crippen molar-refractivity contribution in [3.63, 3.8) is 0 Å². The van der Waals surface area contributed by atoms with Gasteiger partial charge in [-0.25, -0.2) is 9.83 Å². The summed E-state index contributed by atoms with van der Waals surface area (Å²) in [5, 5.41) is 12.1. The van der Waals surface area contributed by atoms with Crippen LogP contribution in [0.15, 0.2) is 42.6 Å². The second kappa shape index (κ2) is 6.13. The van der Waals surface area contributed by atoms with Gasteiger partial charge in [0, 0.05) is 11.8 Å². The molecule has 1 heterocycles. The molecule has 6 heteroatoms. The average molecular weight is 321 g/mol. The Bertz CT molecular complexity index is 833. The van der Waals surface area contributed by atoms with Gasteiger partial charge in [-0.3, -0.25) is 9.59 Å². The summed E-state index contributed by atoms with van der Waals surface area (Å²) in [6.07, 6.45) is 3.62. The van der Waals surface area contributed by atoms with Crippen molar-refractivity contribution < 1.29 is 14.7 Å². The summed E-state index contributed by atoms with van der Waals surface area (Å²) < 4.78 is 0. The monoisotopic (exact) mass is 321 g/mol. The van der Waals surface area contributed by atoms with Crippen molar-refractivity contribution in [2.45, 2.75) is 24.7 Å². The Morgan fingerprint density at radius 2 is 2.04 bits per heavy atom. The number of aromatic nitrogens is 1. The second-order valence-corrected chi connectivity index (χ2v) is 5.79. The molecule has 6 nitrogen and oxygen atoms in total. The number of carbonyl (C=O) groups is 2. The number of nitrogens with one attached hydrogen (secondary N) is 1. The Labute approximate surface area is 139 Å². The summed E-state index contributed by atoms with van der Waals surface area (Å²) in [6.45, 7) is 6.98. The molecule has 0 aliphatic heterocycles. The van der Waals surface area contributed by atoms with Crippen LogP contribution in [0.5, 0.6) is 0 Å². The van der Waals surface area contributed by atoms with Gasteiger partial charge in [-0.15, -0.1) is 0 Å². The highest BCUT2D eigenvalue weighted by molar-refractivity contribution is 6.04. The van der Waals surface area contributed by atoms with Crippen LogP contribution in [0.3, 0.4) is 0 Å². The topological polar surface area (TPSA) is 83.7 Å². The zero-order valence-electron chi connectivity index (χ0n) is 12.8. The summed E-state index contributed by atoms with van der Waals surface area (Å²) >= 11 is 0. The van der Waals surface area contributed by atoms with E-state index in [0.717, 1.165) is 6.42 Å². The fourth-order valence-electron chi connectivity index (χ4n) is 2.81. The Balaban J connectivity index is 1.76. The van der Waals surface area contributed by atoms with Crippen molar-refractivity contribution in [2.24, 2.45) is 0 Å². The van der Waals surface area contributed by atoms with Crippen molar-refractivity contribution in [1.29, 1.82) is 0 Å². The number of hydrogen-bond donors (Lipinski definition) is 2. The lowest BCUT2D eigenvalue weighted by atomic mass is 9.65. The van der Waals surface area contributed by atoms with Crippen LogP contribution in [0.1, 0.15) is 35.2 Å². The minimum Gasteiger partial charge on any atom is -0.481 e. The van der Waals surface area contributed by atoms with Crippen LogP contribution < -0.4 is 5.32 Å². The van der Waals surface area contributed by atoms with E-state index in [1.807, 2.05) is 0 Å².